The van der Waals surface area contributed by atoms with Crippen molar-refractivity contribution in [1.82, 2.24) is 4.90 Å². The second-order valence-corrected chi connectivity index (χ2v) is 5.54. The van der Waals surface area contributed by atoms with E-state index in [4.69, 9.17) is 0 Å². The maximum atomic E-state index is 12.2. The Kier molecular flexibility index (Phi) is 3.96. The Balaban J connectivity index is 2.21. The number of rotatable bonds is 2. The minimum Gasteiger partial charge on any atom is -0.338 e. The van der Waals surface area contributed by atoms with Gasteiger partial charge in [0.1, 0.15) is 5.56 Å². The van der Waals surface area contributed by atoms with Gasteiger partial charge in [0.15, 0.2) is 0 Å². The van der Waals surface area contributed by atoms with Gasteiger partial charge in [-0.05, 0) is 18.9 Å². The number of hydrogen-bond donors (Lipinski definition) is 0. The number of carbonyl (C=O) groups excluding carboxylic acids is 1. The molecule has 1 amide bonds. The Morgan fingerprint density at radius 3 is 2.56 bits per heavy atom. The molecule has 0 N–H and O–H groups in total. The maximum Gasteiger partial charge on any atom is 0.282 e. The van der Waals surface area contributed by atoms with Crippen molar-refractivity contribution in [3.8, 4) is 0 Å². The van der Waals surface area contributed by atoms with Crippen molar-refractivity contribution in [2.45, 2.75) is 17.7 Å². The summed E-state index contributed by atoms with van der Waals surface area (Å²) < 4.78 is 0. The fourth-order valence-corrected chi connectivity index (χ4v) is 2.44. The molecule has 18 heavy (non-hydrogen) atoms. The summed E-state index contributed by atoms with van der Waals surface area (Å²) in [5.74, 6) is -0.248. The van der Waals surface area contributed by atoms with Crippen LogP contribution in [0.5, 0.6) is 0 Å². The molecule has 0 spiro atoms. The molecule has 0 aliphatic carbocycles. The monoisotopic (exact) mass is 312 g/mol. The van der Waals surface area contributed by atoms with E-state index in [1.54, 1.807) is 17.0 Å². The molecule has 1 aromatic rings. The highest BCUT2D eigenvalue weighted by Gasteiger charge is 2.26. The lowest BCUT2D eigenvalue weighted by atomic mass is 10.1. The molecule has 1 aromatic carbocycles. The molecular weight excluding hydrogens is 300 g/mol. The van der Waals surface area contributed by atoms with E-state index in [1.807, 2.05) is 0 Å². The van der Waals surface area contributed by atoms with Gasteiger partial charge in [-0.3, -0.25) is 14.9 Å². The van der Waals surface area contributed by atoms with Gasteiger partial charge in [-0.2, -0.15) is 0 Å². The molecular formula is C12H13BrN2O3. The first-order chi connectivity index (χ1) is 8.59. The van der Waals surface area contributed by atoms with Crippen LogP contribution in [0.1, 0.15) is 23.2 Å². The molecule has 0 saturated carbocycles. The molecule has 1 aliphatic rings. The lowest BCUT2D eigenvalue weighted by molar-refractivity contribution is -0.385. The molecule has 0 bridgehead atoms. The summed E-state index contributed by atoms with van der Waals surface area (Å²) in [7, 11) is 0. The molecule has 1 saturated heterocycles. The first-order valence-corrected chi connectivity index (χ1v) is 6.68. The van der Waals surface area contributed by atoms with Gasteiger partial charge in [0.05, 0.1) is 4.92 Å². The fourth-order valence-electron chi connectivity index (χ4n) is 2.04. The summed E-state index contributed by atoms with van der Waals surface area (Å²) in [5.41, 5.74) is 0.0546. The number of amides is 1. The zero-order valence-electron chi connectivity index (χ0n) is 9.71. The summed E-state index contributed by atoms with van der Waals surface area (Å²) in [4.78, 5) is 24.7. The molecule has 96 valence electrons. The van der Waals surface area contributed by atoms with Gasteiger partial charge in [-0.25, -0.2) is 0 Å². The average molecular weight is 313 g/mol. The highest BCUT2D eigenvalue weighted by Crippen LogP contribution is 2.23. The molecule has 1 aliphatic heterocycles. The van der Waals surface area contributed by atoms with Crippen molar-refractivity contribution in [2.24, 2.45) is 0 Å². The Bertz CT molecular complexity index is 470. The van der Waals surface area contributed by atoms with E-state index in [2.05, 4.69) is 15.9 Å². The van der Waals surface area contributed by atoms with Crippen LogP contribution in [0, 0.1) is 10.1 Å². The van der Waals surface area contributed by atoms with Gasteiger partial charge >= 0.3 is 0 Å². The molecule has 0 aromatic heterocycles. The summed E-state index contributed by atoms with van der Waals surface area (Å²) in [5, 5.41) is 10.9. The number of hydrogen-bond acceptors (Lipinski definition) is 3. The van der Waals surface area contributed by atoms with E-state index in [0.717, 1.165) is 12.8 Å². The number of nitro groups is 1. The fraction of sp³-hybridized carbons (Fsp3) is 0.417. The molecule has 6 heteroatoms. The largest absolute Gasteiger partial charge is 0.338 e. The summed E-state index contributed by atoms with van der Waals surface area (Å²) in [6.07, 6.45) is 1.76. The third-order valence-corrected chi connectivity index (χ3v) is 3.96. The van der Waals surface area contributed by atoms with Crippen molar-refractivity contribution >= 4 is 27.5 Å². The molecule has 1 fully saturated rings. The van der Waals surface area contributed by atoms with E-state index >= 15 is 0 Å². The second kappa shape index (κ2) is 5.48. The SMILES string of the molecule is O=C(c1ccccc1[N+](=O)[O-])N1CCC(Br)CC1. The lowest BCUT2D eigenvalue weighted by Crippen LogP contribution is -2.38. The van der Waals surface area contributed by atoms with E-state index in [-0.39, 0.29) is 17.2 Å². The van der Waals surface area contributed by atoms with Gasteiger partial charge in [0.2, 0.25) is 0 Å². The van der Waals surface area contributed by atoms with Gasteiger partial charge in [0, 0.05) is 24.0 Å². The molecule has 5 nitrogen and oxygen atoms in total. The Hall–Kier alpha value is -1.43. The zero-order chi connectivity index (χ0) is 13.1. The van der Waals surface area contributed by atoms with Crippen LogP contribution in [0.2, 0.25) is 0 Å². The van der Waals surface area contributed by atoms with Gasteiger partial charge in [-0.1, -0.05) is 28.1 Å². The van der Waals surface area contributed by atoms with E-state index in [9.17, 15) is 14.9 Å². The van der Waals surface area contributed by atoms with Crippen molar-refractivity contribution in [3.63, 3.8) is 0 Å². The van der Waals surface area contributed by atoms with Gasteiger partial charge < -0.3 is 4.90 Å². The van der Waals surface area contributed by atoms with Crippen LogP contribution < -0.4 is 0 Å². The Labute approximate surface area is 113 Å². The number of carbonyl (C=O) groups is 1. The topological polar surface area (TPSA) is 63.4 Å². The minimum absolute atomic E-state index is 0.122. The number of likely N-dealkylation sites (tertiary alicyclic amines) is 1. The molecule has 0 unspecified atom stereocenters. The second-order valence-electron chi connectivity index (χ2n) is 4.24. The van der Waals surface area contributed by atoms with Crippen LogP contribution in [0.3, 0.4) is 0 Å². The number of alkyl halides is 1. The van der Waals surface area contributed by atoms with Crippen LogP contribution in [0.4, 0.5) is 5.69 Å². The van der Waals surface area contributed by atoms with Crippen molar-refractivity contribution in [3.05, 3.63) is 39.9 Å². The highest BCUT2D eigenvalue weighted by atomic mass is 79.9. The number of halogens is 1. The number of benzene rings is 1. The molecule has 2 rings (SSSR count). The maximum absolute atomic E-state index is 12.2. The smallest absolute Gasteiger partial charge is 0.282 e. The van der Waals surface area contributed by atoms with Crippen LogP contribution in [0.25, 0.3) is 0 Å². The number of piperidine rings is 1. The Morgan fingerprint density at radius 1 is 1.33 bits per heavy atom. The van der Waals surface area contributed by atoms with Crippen LogP contribution in [-0.4, -0.2) is 33.6 Å². The predicted octanol–water partition coefficient (Wildman–Crippen LogP) is 2.59. The quantitative estimate of drug-likeness (QED) is 0.479. The average Bonchev–Trinajstić information content (AvgIpc) is 2.39. The standard InChI is InChI=1S/C12H13BrN2O3/c13-9-5-7-14(8-6-9)12(16)10-3-1-2-4-11(10)15(17)18/h1-4,9H,5-8H2. The lowest BCUT2D eigenvalue weighted by Gasteiger charge is -2.29. The van der Waals surface area contributed by atoms with E-state index in [1.165, 1.54) is 12.1 Å². The third-order valence-electron chi connectivity index (χ3n) is 3.04. The zero-order valence-corrected chi connectivity index (χ0v) is 11.3. The number of nitro benzene ring substituents is 1. The normalized spacial score (nSPS) is 16.6. The van der Waals surface area contributed by atoms with Gasteiger partial charge in [0.25, 0.3) is 11.6 Å². The first-order valence-electron chi connectivity index (χ1n) is 5.76. The van der Waals surface area contributed by atoms with E-state index < -0.39 is 4.92 Å². The molecule has 0 atom stereocenters. The van der Waals surface area contributed by atoms with Gasteiger partial charge in [-0.15, -0.1) is 0 Å². The summed E-state index contributed by atoms with van der Waals surface area (Å²) >= 11 is 3.51. The molecule has 1 heterocycles. The first kappa shape index (κ1) is 13.0. The van der Waals surface area contributed by atoms with Crippen molar-refractivity contribution in [1.29, 1.82) is 0 Å². The minimum atomic E-state index is -0.509. The van der Waals surface area contributed by atoms with Crippen LogP contribution in [0.15, 0.2) is 24.3 Å². The van der Waals surface area contributed by atoms with Crippen molar-refractivity contribution < 1.29 is 9.72 Å². The van der Waals surface area contributed by atoms with E-state index in [0.29, 0.717) is 17.9 Å². The summed E-state index contributed by atoms with van der Waals surface area (Å²) in [6, 6.07) is 6.10. The Morgan fingerprint density at radius 2 is 1.94 bits per heavy atom. The van der Waals surface area contributed by atoms with Crippen molar-refractivity contribution in [2.75, 3.05) is 13.1 Å². The summed E-state index contributed by atoms with van der Waals surface area (Å²) in [6.45, 7) is 1.28. The molecule has 0 radical (unpaired) electrons. The number of para-hydroxylation sites is 1. The highest BCUT2D eigenvalue weighted by molar-refractivity contribution is 9.09. The van der Waals surface area contributed by atoms with Crippen LogP contribution in [-0.2, 0) is 0 Å². The predicted molar refractivity (Wildman–Crippen MR) is 70.9 cm³/mol. The number of nitrogens with zero attached hydrogens (tertiary/aromatic N) is 2. The third kappa shape index (κ3) is 2.69. The van der Waals surface area contributed by atoms with Crippen LogP contribution >= 0.6 is 15.9 Å².